The van der Waals surface area contributed by atoms with Crippen LogP contribution in [0.25, 0.3) is 0 Å². The summed E-state index contributed by atoms with van der Waals surface area (Å²) in [5.74, 6) is -2.79. The van der Waals surface area contributed by atoms with E-state index >= 15 is 0 Å². The molecular formula is C23H35N3O6S. The molecule has 0 aliphatic rings. The van der Waals surface area contributed by atoms with Gasteiger partial charge >= 0.3 is 17.9 Å². The fraction of sp³-hybridized carbons (Fsp3) is 0.565. The predicted octanol–water partition coefficient (Wildman–Crippen LogP) is 2.79. The van der Waals surface area contributed by atoms with Crippen LogP contribution in [0.15, 0.2) is 24.3 Å². The van der Waals surface area contributed by atoms with Crippen LogP contribution in [-0.2, 0) is 20.8 Å². The van der Waals surface area contributed by atoms with Crippen molar-refractivity contribution in [1.29, 1.82) is 0 Å². The number of anilines is 1. The van der Waals surface area contributed by atoms with Crippen molar-refractivity contribution in [3.8, 4) is 0 Å². The number of thiocarbonyl (C=S) groups is 1. The Morgan fingerprint density at radius 1 is 0.970 bits per heavy atom. The van der Waals surface area contributed by atoms with Gasteiger partial charge in [-0.25, -0.2) is 0 Å². The number of nitrogens with zero attached hydrogens (tertiary/aromatic N) is 2. The number of hydrogen-bond acceptors (Lipinski definition) is 6. The molecule has 1 rings (SSSR count). The molecule has 0 saturated heterocycles. The van der Waals surface area contributed by atoms with Crippen LogP contribution in [0.4, 0.5) is 5.69 Å². The van der Waals surface area contributed by atoms with E-state index < -0.39 is 17.9 Å². The average molecular weight is 482 g/mol. The van der Waals surface area contributed by atoms with Crippen LogP contribution in [0.2, 0.25) is 0 Å². The summed E-state index contributed by atoms with van der Waals surface area (Å²) in [6.07, 6.45) is 2.32. The maximum atomic E-state index is 11.6. The molecule has 1 aromatic carbocycles. The smallest absolute Gasteiger partial charge is 0.317 e. The van der Waals surface area contributed by atoms with Gasteiger partial charge in [0.15, 0.2) is 0 Å². The first-order chi connectivity index (χ1) is 15.6. The second kappa shape index (κ2) is 15.3. The third kappa shape index (κ3) is 12.9. The van der Waals surface area contributed by atoms with Gasteiger partial charge in [0, 0.05) is 24.7 Å². The molecule has 0 aliphatic carbocycles. The lowest BCUT2D eigenvalue weighted by Gasteiger charge is -2.34. The van der Waals surface area contributed by atoms with Gasteiger partial charge in [-0.3, -0.25) is 24.2 Å². The second-order valence-corrected chi connectivity index (χ2v) is 8.69. The second-order valence-electron chi connectivity index (χ2n) is 8.08. The first-order valence-electron chi connectivity index (χ1n) is 11.1. The van der Waals surface area contributed by atoms with Crippen molar-refractivity contribution in [2.24, 2.45) is 0 Å². The van der Waals surface area contributed by atoms with E-state index in [9.17, 15) is 24.6 Å². The van der Waals surface area contributed by atoms with Crippen LogP contribution in [0.3, 0.4) is 0 Å². The molecule has 0 radical (unpaired) electrons. The van der Waals surface area contributed by atoms with E-state index in [1.54, 1.807) is 6.92 Å². The molecule has 0 aromatic heterocycles. The zero-order valence-electron chi connectivity index (χ0n) is 19.3. The van der Waals surface area contributed by atoms with Crippen molar-refractivity contribution in [3.05, 3.63) is 29.8 Å². The van der Waals surface area contributed by atoms with Crippen molar-refractivity contribution in [1.82, 2.24) is 9.80 Å². The molecule has 0 bridgehead atoms. The first kappa shape index (κ1) is 28.5. The monoisotopic (exact) mass is 481 g/mol. The van der Waals surface area contributed by atoms with Gasteiger partial charge in [-0.15, -0.1) is 0 Å². The highest BCUT2D eigenvalue weighted by atomic mass is 32.1. The summed E-state index contributed by atoms with van der Waals surface area (Å²) in [5.41, 5.74) is 1.85. The van der Waals surface area contributed by atoms with Crippen molar-refractivity contribution >= 4 is 40.8 Å². The molecule has 0 aliphatic heterocycles. The zero-order chi connectivity index (χ0) is 24.8. The van der Waals surface area contributed by atoms with Gasteiger partial charge in [-0.05, 0) is 63.4 Å². The fourth-order valence-electron chi connectivity index (χ4n) is 3.70. The number of nitrogens with one attached hydrogen (secondary N) is 1. The molecule has 1 aromatic rings. The van der Waals surface area contributed by atoms with Gasteiger partial charge < -0.3 is 20.6 Å². The van der Waals surface area contributed by atoms with E-state index in [1.165, 1.54) is 0 Å². The van der Waals surface area contributed by atoms with Crippen molar-refractivity contribution < 1.29 is 29.7 Å². The van der Waals surface area contributed by atoms with Crippen molar-refractivity contribution in [2.45, 2.75) is 52.0 Å². The van der Waals surface area contributed by atoms with Crippen LogP contribution in [0.1, 0.15) is 45.1 Å². The van der Waals surface area contributed by atoms with Gasteiger partial charge in [0.2, 0.25) is 0 Å². The van der Waals surface area contributed by atoms with Gasteiger partial charge in [0.1, 0.15) is 0 Å². The molecule has 0 spiro atoms. The third-order valence-corrected chi connectivity index (χ3v) is 5.16. The lowest BCUT2D eigenvalue weighted by molar-refractivity contribution is -0.141. The Morgan fingerprint density at radius 2 is 1.61 bits per heavy atom. The number of carbonyl (C=O) groups is 3. The molecule has 1 atom stereocenters. The minimum absolute atomic E-state index is 0.0281. The lowest BCUT2D eigenvalue weighted by atomic mass is 10.0. The average Bonchev–Trinajstić information content (AvgIpc) is 2.70. The summed E-state index contributed by atoms with van der Waals surface area (Å²) in [6, 6.07) is 7.44. The van der Waals surface area contributed by atoms with E-state index in [0.717, 1.165) is 17.7 Å². The molecule has 1 unspecified atom stereocenters. The number of carboxylic acid groups (broad SMARTS) is 3. The number of carboxylic acids is 3. The molecule has 0 amide bonds. The SMILES string of the molecule is CCCN(CC(=O)O)CC(Cc1ccc(NC(C)=S)cc1)N(CCCCC(=O)O)CC(=O)O. The Labute approximate surface area is 200 Å². The predicted molar refractivity (Wildman–Crippen MR) is 131 cm³/mol. The summed E-state index contributed by atoms with van der Waals surface area (Å²) in [4.78, 5) is 38.1. The van der Waals surface area contributed by atoms with Crippen LogP contribution in [0, 0.1) is 0 Å². The number of benzene rings is 1. The van der Waals surface area contributed by atoms with Crippen LogP contribution < -0.4 is 5.32 Å². The van der Waals surface area contributed by atoms with Crippen molar-refractivity contribution in [2.75, 3.05) is 38.0 Å². The van der Waals surface area contributed by atoms with Crippen LogP contribution in [0.5, 0.6) is 0 Å². The Hall–Kier alpha value is -2.56. The Morgan fingerprint density at radius 3 is 2.12 bits per heavy atom. The quantitative estimate of drug-likeness (QED) is 0.195. The van der Waals surface area contributed by atoms with E-state index in [0.29, 0.717) is 43.9 Å². The molecule has 0 saturated carbocycles. The van der Waals surface area contributed by atoms with Gasteiger partial charge in [-0.1, -0.05) is 31.3 Å². The fourth-order valence-corrected chi connectivity index (χ4v) is 3.82. The highest BCUT2D eigenvalue weighted by molar-refractivity contribution is 7.80. The minimum Gasteiger partial charge on any atom is -0.481 e. The highest BCUT2D eigenvalue weighted by Gasteiger charge is 2.24. The largest absolute Gasteiger partial charge is 0.481 e. The topological polar surface area (TPSA) is 130 Å². The van der Waals surface area contributed by atoms with Crippen LogP contribution >= 0.6 is 12.2 Å². The normalized spacial score (nSPS) is 12.0. The Kier molecular flexibility index (Phi) is 13.2. The Balaban J connectivity index is 3.08. The minimum atomic E-state index is -0.977. The maximum absolute atomic E-state index is 11.6. The summed E-state index contributed by atoms with van der Waals surface area (Å²) < 4.78 is 0. The van der Waals surface area contributed by atoms with Gasteiger partial charge in [0.05, 0.1) is 18.1 Å². The summed E-state index contributed by atoms with van der Waals surface area (Å²) >= 11 is 5.06. The maximum Gasteiger partial charge on any atom is 0.317 e. The van der Waals surface area contributed by atoms with Gasteiger partial charge in [-0.2, -0.15) is 0 Å². The molecule has 9 nitrogen and oxygen atoms in total. The summed E-state index contributed by atoms with van der Waals surface area (Å²) in [7, 11) is 0. The summed E-state index contributed by atoms with van der Waals surface area (Å²) in [5, 5.41) is 30.7. The number of unbranched alkanes of at least 4 members (excludes halogenated alkanes) is 1. The molecule has 0 heterocycles. The van der Waals surface area contributed by atoms with E-state index in [-0.39, 0.29) is 25.6 Å². The first-order valence-corrected chi connectivity index (χ1v) is 11.5. The number of hydrogen-bond donors (Lipinski definition) is 4. The molecule has 33 heavy (non-hydrogen) atoms. The lowest BCUT2D eigenvalue weighted by Crippen LogP contribution is -2.48. The van der Waals surface area contributed by atoms with Gasteiger partial charge in [0.25, 0.3) is 0 Å². The van der Waals surface area contributed by atoms with E-state index in [2.05, 4.69) is 5.32 Å². The molecular weight excluding hydrogens is 446 g/mol. The van der Waals surface area contributed by atoms with E-state index in [1.807, 2.05) is 41.0 Å². The van der Waals surface area contributed by atoms with Crippen LogP contribution in [-0.4, -0.2) is 86.8 Å². The highest BCUT2D eigenvalue weighted by Crippen LogP contribution is 2.16. The molecule has 184 valence electrons. The third-order valence-electron chi connectivity index (χ3n) is 5.05. The molecule has 10 heteroatoms. The Bertz CT molecular complexity index is 787. The molecule has 0 fully saturated rings. The van der Waals surface area contributed by atoms with E-state index in [4.69, 9.17) is 17.3 Å². The zero-order valence-corrected chi connectivity index (χ0v) is 20.1. The van der Waals surface area contributed by atoms with Crippen molar-refractivity contribution in [3.63, 3.8) is 0 Å². The molecule has 4 N–H and O–H groups in total. The standard InChI is InChI=1S/C23H35N3O6S/c1-3-11-25(15-22(29)30)14-20(13-18-7-9-19(10-8-18)24-17(2)33)26(16-23(31)32)12-5-4-6-21(27)28/h7-10,20H,3-6,11-16H2,1-2H3,(H,24,33)(H,27,28)(H,29,30)(H,31,32). The number of aliphatic carboxylic acids is 3. The number of rotatable bonds is 17. The summed E-state index contributed by atoms with van der Waals surface area (Å²) in [6.45, 7) is 4.83.